The fourth-order valence-corrected chi connectivity index (χ4v) is 1.57. The molecule has 0 heterocycles. The van der Waals surface area contributed by atoms with Gasteiger partial charge in [-0.1, -0.05) is 30.3 Å². The molecule has 0 bridgehead atoms. The maximum absolute atomic E-state index is 12.8. The van der Waals surface area contributed by atoms with Crippen LogP contribution in [0.1, 0.15) is 12.0 Å². The van der Waals surface area contributed by atoms with Gasteiger partial charge >= 0.3 is 18.3 Å². The van der Waals surface area contributed by atoms with E-state index < -0.39 is 37.0 Å². The van der Waals surface area contributed by atoms with Gasteiger partial charge < -0.3 is 9.84 Å². The molecule has 0 fully saturated rings. The summed E-state index contributed by atoms with van der Waals surface area (Å²) in [4.78, 5) is 10.4. The monoisotopic (exact) mass is 316 g/mol. The molecule has 118 valence electrons. The van der Waals surface area contributed by atoms with Crippen LogP contribution in [0.4, 0.5) is 26.3 Å². The maximum atomic E-state index is 12.8. The Morgan fingerprint density at radius 3 is 1.86 bits per heavy atom. The Labute approximate surface area is 115 Å². The first-order valence-corrected chi connectivity index (χ1v) is 5.53. The van der Waals surface area contributed by atoms with E-state index in [1.54, 1.807) is 0 Å². The molecule has 0 spiro atoms. The molecule has 1 N–H and O–H groups in total. The van der Waals surface area contributed by atoms with E-state index >= 15 is 0 Å². The second-order valence-corrected chi connectivity index (χ2v) is 4.17. The summed E-state index contributed by atoms with van der Waals surface area (Å²) in [5.41, 5.74) is -4.69. The highest BCUT2D eigenvalue weighted by Gasteiger charge is 2.73. The first-order valence-electron chi connectivity index (χ1n) is 5.53. The molecule has 0 saturated heterocycles. The highest BCUT2D eigenvalue weighted by atomic mass is 19.4. The number of carboxylic acid groups (broad SMARTS) is 1. The van der Waals surface area contributed by atoms with Crippen molar-refractivity contribution in [2.45, 2.75) is 31.0 Å². The van der Waals surface area contributed by atoms with Gasteiger partial charge in [-0.3, -0.25) is 4.79 Å². The molecule has 0 amide bonds. The molecule has 3 nitrogen and oxygen atoms in total. The Balaban J connectivity index is 3.14. The van der Waals surface area contributed by atoms with Crippen LogP contribution in [-0.2, 0) is 16.1 Å². The van der Waals surface area contributed by atoms with Gasteiger partial charge in [-0.05, 0) is 5.56 Å². The van der Waals surface area contributed by atoms with E-state index in [1.165, 1.54) is 30.3 Å². The average molecular weight is 316 g/mol. The largest absolute Gasteiger partial charge is 0.481 e. The van der Waals surface area contributed by atoms with Crippen molar-refractivity contribution >= 4 is 5.97 Å². The Hall–Kier alpha value is -1.77. The van der Waals surface area contributed by atoms with Crippen molar-refractivity contribution in [1.29, 1.82) is 0 Å². The maximum Gasteiger partial charge on any atom is 0.427 e. The summed E-state index contributed by atoms with van der Waals surface area (Å²) in [5, 5.41) is 8.39. The van der Waals surface area contributed by atoms with Crippen molar-refractivity contribution in [2.75, 3.05) is 0 Å². The summed E-state index contributed by atoms with van der Waals surface area (Å²) < 4.78 is 81.0. The zero-order valence-corrected chi connectivity index (χ0v) is 10.3. The highest BCUT2D eigenvalue weighted by Crippen LogP contribution is 2.48. The Morgan fingerprint density at radius 1 is 1.00 bits per heavy atom. The van der Waals surface area contributed by atoms with E-state index in [-0.39, 0.29) is 5.56 Å². The minimum Gasteiger partial charge on any atom is -0.481 e. The van der Waals surface area contributed by atoms with E-state index in [1.807, 2.05) is 0 Å². The Kier molecular flexibility index (Phi) is 4.87. The molecular formula is C12H10F6O3. The van der Waals surface area contributed by atoms with Gasteiger partial charge in [0, 0.05) is 0 Å². The van der Waals surface area contributed by atoms with Crippen molar-refractivity contribution in [3.8, 4) is 0 Å². The summed E-state index contributed by atoms with van der Waals surface area (Å²) in [6, 6.07) is 6.84. The quantitative estimate of drug-likeness (QED) is 0.845. The Morgan fingerprint density at radius 2 is 1.48 bits per heavy atom. The van der Waals surface area contributed by atoms with Gasteiger partial charge in [0.15, 0.2) is 0 Å². The second-order valence-electron chi connectivity index (χ2n) is 4.17. The third kappa shape index (κ3) is 3.87. The van der Waals surface area contributed by atoms with Crippen molar-refractivity contribution in [3.05, 3.63) is 35.9 Å². The summed E-state index contributed by atoms with van der Waals surface area (Å²) in [7, 11) is 0. The first kappa shape index (κ1) is 17.3. The van der Waals surface area contributed by atoms with E-state index in [4.69, 9.17) is 5.11 Å². The van der Waals surface area contributed by atoms with Crippen molar-refractivity contribution in [2.24, 2.45) is 0 Å². The lowest BCUT2D eigenvalue weighted by atomic mass is 9.97. The zero-order chi connectivity index (χ0) is 16.3. The first-order chi connectivity index (χ1) is 9.49. The van der Waals surface area contributed by atoms with Crippen LogP contribution in [0.5, 0.6) is 0 Å². The smallest absolute Gasteiger partial charge is 0.427 e. The number of carbonyl (C=O) groups is 1. The van der Waals surface area contributed by atoms with Crippen LogP contribution in [0.2, 0.25) is 0 Å². The molecule has 1 rings (SSSR count). The summed E-state index contributed by atoms with van der Waals surface area (Å²) in [6.45, 7) is -1.02. The number of aliphatic carboxylic acids is 1. The lowest BCUT2D eigenvalue weighted by Crippen LogP contribution is -2.59. The van der Waals surface area contributed by atoms with Crippen LogP contribution in [0, 0.1) is 0 Å². The fourth-order valence-electron chi connectivity index (χ4n) is 1.57. The van der Waals surface area contributed by atoms with Crippen molar-refractivity contribution in [3.63, 3.8) is 0 Å². The van der Waals surface area contributed by atoms with Gasteiger partial charge in [-0.2, -0.15) is 26.3 Å². The number of ether oxygens (including phenoxy) is 1. The molecule has 0 aliphatic carbocycles. The summed E-state index contributed by atoms with van der Waals surface area (Å²) >= 11 is 0. The fraction of sp³-hybridized carbons (Fsp3) is 0.417. The SMILES string of the molecule is O=C(O)CC(OCc1ccccc1)(C(F)(F)F)C(F)(F)F. The molecule has 1 aromatic carbocycles. The minimum atomic E-state index is -5.92. The molecule has 0 aromatic heterocycles. The molecule has 0 atom stereocenters. The lowest BCUT2D eigenvalue weighted by molar-refractivity contribution is -0.384. The van der Waals surface area contributed by atoms with Crippen LogP contribution >= 0.6 is 0 Å². The van der Waals surface area contributed by atoms with Gasteiger partial charge in [0.05, 0.1) is 13.0 Å². The van der Waals surface area contributed by atoms with E-state index in [2.05, 4.69) is 4.74 Å². The molecule has 21 heavy (non-hydrogen) atoms. The number of benzene rings is 1. The van der Waals surface area contributed by atoms with Crippen LogP contribution in [0.3, 0.4) is 0 Å². The van der Waals surface area contributed by atoms with Crippen LogP contribution < -0.4 is 0 Å². The third-order valence-electron chi connectivity index (χ3n) is 2.64. The van der Waals surface area contributed by atoms with Crippen LogP contribution in [-0.4, -0.2) is 29.0 Å². The van der Waals surface area contributed by atoms with Crippen LogP contribution in [0.25, 0.3) is 0 Å². The van der Waals surface area contributed by atoms with Gasteiger partial charge in [0.2, 0.25) is 0 Å². The summed E-state index contributed by atoms with van der Waals surface area (Å²) in [6.07, 6.45) is -14.1. The predicted molar refractivity (Wildman–Crippen MR) is 58.3 cm³/mol. The van der Waals surface area contributed by atoms with Gasteiger partial charge in [0.1, 0.15) is 0 Å². The molecule has 0 aliphatic rings. The van der Waals surface area contributed by atoms with Crippen molar-refractivity contribution < 1.29 is 41.0 Å². The van der Waals surface area contributed by atoms with Gasteiger partial charge in [0.25, 0.3) is 5.60 Å². The van der Waals surface area contributed by atoms with E-state index in [0.29, 0.717) is 0 Å². The highest BCUT2D eigenvalue weighted by molar-refractivity contribution is 5.68. The molecule has 0 radical (unpaired) electrons. The number of halogens is 6. The van der Waals surface area contributed by atoms with E-state index in [9.17, 15) is 31.1 Å². The molecule has 9 heteroatoms. The average Bonchev–Trinajstić information content (AvgIpc) is 2.32. The molecule has 0 saturated carbocycles. The lowest BCUT2D eigenvalue weighted by Gasteiger charge is -2.35. The number of hydrogen-bond donors (Lipinski definition) is 1. The van der Waals surface area contributed by atoms with E-state index in [0.717, 1.165) is 0 Å². The van der Waals surface area contributed by atoms with Gasteiger partial charge in [-0.15, -0.1) is 0 Å². The number of carboxylic acids is 1. The molecule has 1 aromatic rings. The zero-order valence-electron chi connectivity index (χ0n) is 10.3. The molecular weight excluding hydrogens is 306 g/mol. The topological polar surface area (TPSA) is 46.5 Å². The molecule has 0 aliphatic heterocycles. The third-order valence-corrected chi connectivity index (χ3v) is 2.64. The van der Waals surface area contributed by atoms with Crippen LogP contribution in [0.15, 0.2) is 30.3 Å². The normalized spacial score (nSPS) is 13.2. The molecule has 0 unspecified atom stereocenters. The standard InChI is InChI=1S/C12H10F6O3/c13-11(14,15)10(6-9(19)20,12(16,17)18)21-7-8-4-2-1-3-5-8/h1-5H,6-7H2,(H,19,20). The minimum absolute atomic E-state index is 0.0563. The number of alkyl halides is 6. The van der Waals surface area contributed by atoms with Crippen molar-refractivity contribution in [1.82, 2.24) is 0 Å². The second kappa shape index (κ2) is 5.92. The summed E-state index contributed by atoms with van der Waals surface area (Å²) in [5.74, 6) is -2.27. The predicted octanol–water partition coefficient (Wildman–Crippen LogP) is 3.54. The Bertz CT molecular complexity index is 466. The number of rotatable bonds is 5. The van der Waals surface area contributed by atoms with Gasteiger partial charge in [-0.25, -0.2) is 0 Å². The number of hydrogen-bond acceptors (Lipinski definition) is 2.